The highest BCUT2D eigenvalue weighted by Crippen LogP contribution is 2.44. The SMILES string of the molecule is CC1O[C@H](C[Si](c2ccccc2)(c2ccccc2)C(C)(C)C)CC1Sc1ccccc1. The zero-order chi connectivity index (χ0) is 21.9. The van der Waals surface area contributed by atoms with Gasteiger partial charge in [-0.2, -0.15) is 0 Å². The predicted octanol–water partition coefficient (Wildman–Crippen LogP) is 6.39. The van der Waals surface area contributed by atoms with Crippen molar-refractivity contribution in [3.63, 3.8) is 0 Å². The summed E-state index contributed by atoms with van der Waals surface area (Å²) in [6.45, 7) is 9.57. The molecule has 2 unspecified atom stereocenters. The molecule has 3 atom stereocenters. The standard InChI is InChI=1S/C28H34OSSi/c1-22-27(30-24-14-8-5-9-15-24)20-23(29-22)21-31(28(2,3)4,25-16-10-6-11-17-25)26-18-12-7-13-19-26/h5-19,22-23,27H,20-21H2,1-4H3/t22?,23-,27?/m0/s1. The van der Waals surface area contributed by atoms with Crippen LogP contribution in [0.3, 0.4) is 0 Å². The molecule has 1 aliphatic rings. The Bertz CT molecular complexity index is 913. The third-order valence-corrected chi connectivity index (χ3v) is 14.5. The van der Waals surface area contributed by atoms with E-state index in [9.17, 15) is 0 Å². The average molecular weight is 447 g/mol. The molecule has 0 spiro atoms. The smallest absolute Gasteiger partial charge is 0.125 e. The van der Waals surface area contributed by atoms with Crippen molar-refractivity contribution in [1.29, 1.82) is 0 Å². The molecule has 0 aromatic heterocycles. The molecule has 4 rings (SSSR count). The molecule has 3 heteroatoms. The zero-order valence-corrected chi connectivity index (χ0v) is 20.9. The minimum atomic E-state index is -2.10. The molecule has 1 saturated heterocycles. The second-order valence-corrected chi connectivity index (χ2v) is 15.9. The van der Waals surface area contributed by atoms with Gasteiger partial charge >= 0.3 is 0 Å². The molecule has 1 nitrogen and oxygen atoms in total. The summed E-state index contributed by atoms with van der Waals surface area (Å²) >= 11 is 1.98. The normalized spacial score (nSPS) is 21.9. The highest BCUT2D eigenvalue weighted by Gasteiger charge is 2.50. The molecule has 0 N–H and O–H groups in total. The van der Waals surface area contributed by atoms with Crippen LogP contribution in [0.4, 0.5) is 0 Å². The van der Waals surface area contributed by atoms with Crippen LogP contribution < -0.4 is 10.4 Å². The lowest BCUT2D eigenvalue weighted by Gasteiger charge is -2.45. The van der Waals surface area contributed by atoms with Crippen molar-refractivity contribution in [3.05, 3.63) is 91.0 Å². The number of benzene rings is 3. The Morgan fingerprint density at radius 2 is 1.29 bits per heavy atom. The molecule has 0 amide bonds. The number of thioether (sulfide) groups is 1. The molecule has 31 heavy (non-hydrogen) atoms. The van der Waals surface area contributed by atoms with Crippen LogP contribution in [0, 0.1) is 0 Å². The summed E-state index contributed by atoms with van der Waals surface area (Å²) < 4.78 is 6.65. The lowest BCUT2D eigenvalue weighted by molar-refractivity contribution is 0.0673. The van der Waals surface area contributed by atoms with Gasteiger partial charge in [-0.15, -0.1) is 11.8 Å². The third-order valence-electron chi connectivity index (χ3n) is 6.80. The summed E-state index contributed by atoms with van der Waals surface area (Å²) in [6.07, 6.45) is 1.68. The molecule has 3 aromatic carbocycles. The first-order chi connectivity index (χ1) is 14.9. The van der Waals surface area contributed by atoms with Gasteiger partial charge in [0.2, 0.25) is 0 Å². The van der Waals surface area contributed by atoms with E-state index in [0.29, 0.717) is 11.4 Å². The van der Waals surface area contributed by atoms with Crippen LogP contribution >= 0.6 is 11.8 Å². The van der Waals surface area contributed by atoms with Crippen LogP contribution in [0.2, 0.25) is 11.1 Å². The van der Waals surface area contributed by atoms with Gasteiger partial charge in [0.15, 0.2) is 0 Å². The van der Waals surface area contributed by atoms with Crippen molar-refractivity contribution in [2.75, 3.05) is 0 Å². The van der Waals surface area contributed by atoms with E-state index in [1.54, 1.807) is 0 Å². The van der Waals surface area contributed by atoms with E-state index < -0.39 is 8.07 Å². The molecule has 1 fully saturated rings. The van der Waals surface area contributed by atoms with E-state index in [2.05, 4.69) is 119 Å². The van der Waals surface area contributed by atoms with Gasteiger partial charge in [0.25, 0.3) is 0 Å². The summed E-state index contributed by atoms with van der Waals surface area (Å²) in [7, 11) is -2.10. The van der Waals surface area contributed by atoms with Crippen molar-refractivity contribution in [2.45, 2.75) is 67.6 Å². The molecule has 162 valence electrons. The fourth-order valence-electron chi connectivity index (χ4n) is 5.21. The van der Waals surface area contributed by atoms with Crippen molar-refractivity contribution >= 4 is 30.2 Å². The molecule has 0 aliphatic carbocycles. The summed E-state index contributed by atoms with van der Waals surface area (Å²) in [5.41, 5.74) is 0. The highest BCUT2D eigenvalue weighted by molar-refractivity contribution is 8.00. The van der Waals surface area contributed by atoms with Crippen LogP contribution in [0.25, 0.3) is 0 Å². The number of ether oxygens (including phenoxy) is 1. The Morgan fingerprint density at radius 1 is 0.806 bits per heavy atom. The van der Waals surface area contributed by atoms with Crippen LogP contribution in [0.1, 0.15) is 34.1 Å². The second kappa shape index (κ2) is 9.36. The van der Waals surface area contributed by atoms with E-state index >= 15 is 0 Å². The zero-order valence-electron chi connectivity index (χ0n) is 19.1. The van der Waals surface area contributed by atoms with E-state index in [1.165, 1.54) is 15.3 Å². The van der Waals surface area contributed by atoms with Gasteiger partial charge in [-0.3, -0.25) is 0 Å². The lowest BCUT2D eigenvalue weighted by atomic mass is 10.2. The van der Waals surface area contributed by atoms with Crippen molar-refractivity contribution < 1.29 is 4.74 Å². The van der Waals surface area contributed by atoms with E-state index in [-0.39, 0.29) is 11.1 Å². The lowest BCUT2D eigenvalue weighted by Crippen LogP contribution is -2.65. The Hall–Kier alpha value is -1.81. The van der Waals surface area contributed by atoms with E-state index in [0.717, 1.165) is 12.5 Å². The van der Waals surface area contributed by atoms with E-state index in [4.69, 9.17) is 4.74 Å². The maximum Gasteiger partial charge on any atom is 0.125 e. The molecule has 0 saturated carbocycles. The Labute approximate surface area is 193 Å². The molecule has 1 aliphatic heterocycles. The Kier molecular flexibility index (Phi) is 6.76. The molecule has 0 bridgehead atoms. The van der Waals surface area contributed by atoms with Gasteiger partial charge in [0, 0.05) is 10.1 Å². The monoisotopic (exact) mass is 446 g/mol. The van der Waals surface area contributed by atoms with Crippen LogP contribution in [0.15, 0.2) is 95.9 Å². The molecule has 1 heterocycles. The fraction of sp³-hybridized carbons (Fsp3) is 0.357. The van der Waals surface area contributed by atoms with Gasteiger partial charge in [0.1, 0.15) is 8.07 Å². The van der Waals surface area contributed by atoms with Crippen LogP contribution in [-0.4, -0.2) is 25.5 Å². The van der Waals surface area contributed by atoms with E-state index in [1.807, 2.05) is 11.8 Å². The molecular weight excluding hydrogens is 412 g/mol. The Balaban J connectivity index is 1.67. The first kappa shape index (κ1) is 22.4. The minimum Gasteiger partial charge on any atom is -0.374 e. The largest absolute Gasteiger partial charge is 0.374 e. The first-order valence-corrected chi connectivity index (χ1v) is 14.5. The highest BCUT2D eigenvalue weighted by atomic mass is 32.2. The molecule has 0 radical (unpaired) electrons. The predicted molar refractivity (Wildman–Crippen MR) is 137 cm³/mol. The number of hydrogen-bond acceptors (Lipinski definition) is 2. The summed E-state index contributed by atoms with van der Waals surface area (Å²) in [5, 5.41) is 3.71. The van der Waals surface area contributed by atoms with Crippen LogP contribution in [0.5, 0.6) is 0 Å². The summed E-state index contributed by atoms with van der Waals surface area (Å²) in [6, 6.07) is 34.4. The summed E-state index contributed by atoms with van der Waals surface area (Å²) in [4.78, 5) is 1.34. The second-order valence-electron chi connectivity index (χ2n) is 9.76. The maximum absolute atomic E-state index is 6.65. The van der Waals surface area contributed by atoms with Gasteiger partial charge in [-0.05, 0) is 36.6 Å². The third kappa shape index (κ3) is 4.69. The molecule has 3 aromatic rings. The quantitative estimate of drug-likeness (QED) is 0.406. The van der Waals surface area contributed by atoms with Crippen molar-refractivity contribution in [1.82, 2.24) is 0 Å². The average Bonchev–Trinajstić information content (AvgIpc) is 3.11. The topological polar surface area (TPSA) is 9.23 Å². The Morgan fingerprint density at radius 3 is 1.77 bits per heavy atom. The van der Waals surface area contributed by atoms with Crippen LogP contribution in [-0.2, 0) is 4.74 Å². The maximum atomic E-state index is 6.65. The number of hydrogen-bond donors (Lipinski definition) is 0. The fourth-order valence-corrected chi connectivity index (χ4v) is 12.1. The first-order valence-electron chi connectivity index (χ1n) is 11.4. The molecular formula is C28H34OSSi. The van der Waals surface area contributed by atoms with Crippen molar-refractivity contribution in [3.8, 4) is 0 Å². The number of rotatable bonds is 6. The van der Waals surface area contributed by atoms with Gasteiger partial charge in [-0.1, -0.05) is 110 Å². The van der Waals surface area contributed by atoms with Gasteiger partial charge in [0.05, 0.1) is 12.2 Å². The summed E-state index contributed by atoms with van der Waals surface area (Å²) in [5.74, 6) is 0. The minimum absolute atomic E-state index is 0.174. The van der Waals surface area contributed by atoms with Crippen molar-refractivity contribution in [2.24, 2.45) is 0 Å². The van der Waals surface area contributed by atoms with Gasteiger partial charge in [-0.25, -0.2) is 0 Å². The van der Waals surface area contributed by atoms with Gasteiger partial charge < -0.3 is 4.74 Å².